The van der Waals surface area contributed by atoms with Crippen molar-refractivity contribution in [2.75, 3.05) is 0 Å². The quantitative estimate of drug-likeness (QED) is 0.783. The van der Waals surface area contributed by atoms with Gasteiger partial charge >= 0.3 is 5.97 Å². The molecular formula is C14H13ClN2O4. The van der Waals surface area contributed by atoms with Gasteiger partial charge in [0, 0.05) is 10.6 Å². The van der Waals surface area contributed by atoms with E-state index in [-0.39, 0.29) is 17.3 Å². The summed E-state index contributed by atoms with van der Waals surface area (Å²) < 4.78 is 5.18. The molecule has 2 rings (SSSR count). The average Bonchev–Trinajstić information content (AvgIpc) is 2.94. The first-order valence-electron chi connectivity index (χ1n) is 6.09. The van der Waals surface area contributed by atoms with Gasteiger partial charge in [-0.25, -0.2) is 4.79 Å². The number of aliphatic carboxylic acids is 1. The van der Waals surface area contributed by atoms with E-state index in [0.717, 1.165) is 0 Å². The van der Waals surface area contributed by atoms with E-state index in [1.54, 1.807) is 24.3 Å². The van der Waals surface area contributed by atoms with Crippen molar-refractivity contribution in [3.8, 4) is 0 Å². The molecule has 1 aromatic heterocycles. The average molecular weight is 309 g/mol. The van der Waals surface area contributed by atoms with E-state index in [4.69, 9.17) is 21.8 Å². The monoisotopic (exact) mass is 308 g/mol. The number of carboxylic acid groups (broad SMARTS) is 1. The van der Waals surface area contributed by atoms with Gasteiger partial charge in [-0.3, -0.25) is 4.79 Å². The molecule has 110 valence electrons. The highest BCUT2D eigenvalue weighted by molar-refractivity contribution is 6.31. The maximum absolute atomic E-state index is 12.0. The topological polar surface area (TPSA) is 106 Å². The number of hydrogen-bond donors (Lipinski definition) is 3. The van der Waals surface area contributed by atoms with Crippen molar-refractivity contribution in [1.82, 2.24) is 5.32 Å². The minimum absolute atomic E-state index is 0.00578. The zero-order valence-corrected chi connectivity index (χ0v) is 11.6. The Morgan fingerprint density at radius 3 is 2.57 bits per heavy atom. The Labute approximate surface area is 125 Å². The Bertz CT molecular complexity index is 668. The molecule has 0 unspecified atom stereocenters. The molecule has 1 atom stereocenters. The lowest BCUT2D eigenvalue weighted by atomic mass is 10.1. The van der Waals surface area contributed by atoms with Gasteiger partial charge in [0.25, 0.3) is 5.91 Å². The summed E-state index contributed by atoms with van der Waals surface area (Å²) in [6.45, 7) is 0.153. The van der Waals surface area contributed by atoms with Crippen molar-refractivity contribution in [3.63, 3.8) is 0 Å². The molecule has 0 spiro atoms. The van der Waals surface area contributed by atoms with E-state index in [1.807, 2.05) is 0 Å². The molecule has 0 saturated heterocycles. The Morgan fingerprint density at radius 2 is 2.00 bits per heavy atom. The second kappa shape index (κ2) is 6.43. The third-order valence-electron chi connectivity index (χ3n) is 2.83. The highest BCUT2D eigenvalue weighted by atomic mass is 35.5. The second-order valence-electron chi connectivity index (χ2n) is 4.24. The van der Waals surface area contributed by atoms with Crippen molar-refractivity contribution in [1.29, 1.82) is 0 Å². The predicted molar refractivity (Wildman–Crippen MR) is 75.9 cm³/mol. The van der Waals surface area contributed by atoms with Crippen molar-refractivity contribution in [2.45, 2.75) is 12.6 Å². The minimum atomic E-state index is -1.27. The highest BCUT2D eigenvalue weighted by Crippen LogP contribution is 2.23. The van der Waals surface area contributed by atoms with Gasteiger partial charge in [-0.1, -0.05) is 29.8 Å². The molecule has 6 nitrogen and oxygen atoms in total. The third kappa shape index (κ3) is 3.42. The van der Waals surface area contributed by atoms with Crippen LogP contribution in [0.1, 0.15) is 27.9 Å². The van der Waals surface area contributed by atoms with Crippen LogP contribution in [0.4, 0.5) is 0 Å². The van der Waals surface area contributed by atoms with Gasteiger partial charge in [0.05, 0.1) is 6.54 Å². The predicted octanol–water partition coefficient (Wildman–Crippen LogP) is 1.95. The van der Waals surface area contributed by atoms with Crippen LogP contribution >= 0.6 is 11.6 Å². The summed E-state index contributed by atoms with van der Waals surface area (Å²) in [5.74, 6) is -1.44. The number of carbonyl (C=O) groups excluding carboxylic acids is 1. The van der Waals surface area contributed by atoms with Gasteiger partial charge in [-0.2, -0.15) is 0 Å². The molecule has 0 radical (unpaired) electrons. The number of amides is 1. The molecule has 4 N–H and O–H groups in total. The number of benzene rings is 1. The zero-order chi connectivity index (χ0) is 15.4. The molecule has 1 aromatic carbocycles. The zero-order valence-electron chi connectivity index (χ0n) is 10.9. The van der Waals surface area contributed by atoms with Crippen LogP contribution in [0.15, 0.2) is 40.8 Å². The number of furan rings is 1. The fraction of sp³-hybridized carbons (Fsp3) is 0.143. The van der Waals surface area contributed by atoms with Crippen molar-refractivity contribution in [2.24, 2.45) is 5.73 Å². The van der Waals surface area contributed by atoms with Crippen molar-refractivity contribution in [3.05, 3.63) is 58.5 Å². The molecule has 0 aliphatic carbocycles. The molecule has 0 fully saturated rings. The van der Waals surface area contributed by atoms with E-state index < -0.39 is 17.9 Å². The first-order valence-corrected chi connectivity index (χ1v) is 6.47. The Kier molecular flexibility index (Phi) is 4.62. The summed E-state index contributed by atoms with van der Waals surface area (Å²) in [4.78, 5) is 23.4. The number of carbonyl (C=O) groups is 2. The van der Waals surface area contributed by atoms with Gasteiger partial charge < -0.3 is 20.6 Å². The van der Waals surface area contributed by atoms with Crippen LogP contribution in [0.5, 0.6) is 0 Å². The summed E-state index contributed by atoms with van der Waals surface area (Å²) >= 11 is 5.96. The van der Waals surface area contributed by atoms with Crippen molar-refractivity contribution >= 4 is 23.5 Å². The molecule has 2 aromatic rings. The molecule has 7 heteroatoms. The fourth-order valence-corrected chi connectivity index (χ4v) is 2.04. The maximum atomic E-state index is 12.0. The number of hydrogen-bond acceptors (Lipinski definition) is 4. The van der Waals surface area contributed by atoms with Gasteiger partial charge in [0.15, 0.2) is 11.8 Å². The van der Waals surface area contributed by atoms with Crippen molar-refractivity contribution < 1.29 is 19.1 Å². The van der Waals surface area contributed by atoms with E-state index in [2.05, 4.69) is 5.32 Å². The number of carboxylic acids is 1. The van der Waals surface area contributed by atoms with Crippen LogP contribution in [0.3, 0.4) is 0 Å². The van der Waals surface area contributed by atoms with Crippen LogP contribution in [0.25, 0.3) is 0 Å². The van der Waals surface area contributed by atoms with Gasteiger partial charge in [-0.05, 0) is 18.2 Å². The maximum Gasteiger partial charge on any atom is 0.330 e. The number of nitrogens with one attached hydrogen (secondary N) is 1. The lowest BCUT2D eigenvalue weighted by molar-refractivity contribution is -0.139. The largest absolute Gasteiger partial charge is 0.479 e. The molecule has 0 aliphatic rings. The van der Waals surface area contributed by atoms with Gasteiger partial charge in [0.2, 0.25) is 0 Å². The van der Waals surface area contributed by atoms with Gasteiger partial charge in [-0.15, -0.1) is 0 Å². The van der Waals surface area contributed by atoms with Crippen LogP contribution in [-0.2, 0) is 11.3 Å². The fourth-order valence-electron chi connectivity index (χ4n) is 1.79. The first kappa shape index (κ1) is 15.1. The van der Waals surface area contributed by atoms with E-state index in [0.29, 0.717) is 11.3 Å². The number of rotatable bonds is 5. The molecule has 0 aliphatic heterocycles. The highest BCUT2D eigenvalue weighted by Gasteiger charge is 2.25. The minimum Gasteiger partial charge on any atom is -0.479 e. The second-order valence-corrected chi connectivity index (χ2v) is 4.64. The molecule has 0 saturated carbocycles. The van der Waals surface area contributed by atoms with Crippen LogP contribution in [-0.4, -0.2) is 17.0 Å². The molecule has 1 heterocycles. The molecule has 1 amide bonds. The Hall–Kier alpha value is -2.31. The Morgan fingerprint density at radius 1 is 1.29 bits per heavy atom. The van der Waals surface area contributed by atoms with E-state index in [1.165, 1.54) is 12.1 Å². The molecule has 0 bridgehead atoms. The number of nitrogens with two attached hydrogens (primary N) is 1. The number of halogens is 1. The SMILES string of the molecule is NCc1ccc(C(=O)N[C@@H](C(=O)O)c2ccccc2Cl)o1. The normalized spacial score (nSPS) is 11.9. The van der Waals surface area contributed by atoms with Crippen LogP contribution < -0.4 is 11.1 Å². The summed E-state index contributed by atoms with van der Waals surface area (Å²) in [7, 11) is 0. The Balaban J connectivity index is 2.23. The van der Waals surface area contributed by atoms with Gasteiger partial charge in [0.1, 0.15) is 5.76 Å². The lowest BCUT2D eigenvalue weighted by Crippen LogP contribution is -2.33. The molecular weight excluding hydrogens is 296 g/mol. The van der Waals surface area contributed by atoms with Crippen LogP contribution in [0, 0.1) is 0 Å². The summed E-state index contributed by atoms with van der Waals surface area (Å²) in [5, 5.41) is 11.9. The van der Waals surface area contributed by atoms with Crippen LogP contribution in [0.2, 0.25) is 5.02 Å². The van der Waals surface area contributed by atoms with E-state index in [9.17, 15) is 14.7 Å². The summed E-state index contributed by atoms with van der Waals surface area (Å²) in [5.41, 5.74) is 5.68. The van der Waals surface area contributed by atoms with E-state index >= 15 is 0 Å². The molecule has 21 heavy (non-hydrogen) atoms. The standard InChI is InChI=1S/C14H13ClN2O4/c15-10-4-2-1-3-9(10)12(14(19)20)17-13(18)11-6-5-8(7-16)21-11/h1-6,12H,7,16H2,(H,17,18)(H,19,20)/t12-/m1/s1. The summed E-state index contributed by atoms with van der Waals surface area (Å²) in [6, 6.07) is 8.13. The lowest BCUT2D eigenvalue weighted by Gasteiger charge is -2.15. The third-order valence-corrected chi connectivity index (χ3v) is 3.17. The first-order chi connectivity index (χ1) is 10.0. The smallest absolute Gasteiger partial charge is 0.330 e. The summed E-state index contributed by atoms with van der Waals surface area (Å²) in [6.07, 6.45) is 0.